The first kappa shape index (κ1) is 55.1. The summed E-state index contributed by atoms with van der Waals surface area (Å²) in [7, 11) is 0. The van der Waals surface area contributed by atoms with Gasteiger partial charge in [-0.2, -0.15) is 13.2 Å². The fourth-order valence-electron chi connectivity index (χ4n) is 5.10. The highest BCUT2D eigenvalue weighted by Crippen LogP contribution is 2.28. The first-order chi connectivity index (χ1) is 29.0. The highest BCUT2D eigenvalue weighted by molar-refractivity contribution is 6.30. The quantitative estimate of drug-likeness (QED) is 0.157. The van der Waals surface area contributed by atoms with Gasteiger partial charge in [0.1, 0.15) is 17.3 Å². The molecule has 0 unspecified atom stereocenters. The highest BCUT2D eigenvalue weighted by atomic mass is 35.5. The van der Waals surface area contributed by atoms with Crippen molar-refractivity contribution >= 4 is 11.6 Å². The van der Waals surface area contributed by atoms with Crippen molar-refractivity contribution in [1.29, 1.82) is 0 Å². The minimum absolute atomic E-state index is 0.163. The van der Waals surface area contributed by atoms with Gasteiger partial charge < -0.3 is 0 Å². The lowest BCUT2D eigenvalue weighted by Crippen LogP contribution is -2.07. The molecule has 0 aliphatic rings. The van der Waals surface area contributed by atoms with Gasteiger partial charge in [-0.05, 0) is 113 Å². The zero-order valence-corrected chi connectivity index (χ0v) is 40.2. The van der Waals surface area contributed by atoms with E-state index >= 15 is 0 Å². The van der Waals surface area contributed by atoms with Gasteiger partial charge in [-0.25, -0.2) is 14.4 Å². The molecule has 0 amide bonds. The number of aromatic nitrogens is 3. The summed E-state index contributed by atoms with van der Waals surface area (Å²) in [5, 5.41) is 0.810. The third kappa shape index (κ3) is 23.4. The molecule has 4 aromatic carbocycles. The number of pyridine rings is 1. The van der Waals surface area contributed by atoms with E-state index < -0.39 is 11.9 Å². The molecule has 8 heteroatoms. The SMILES string of the molecule is CC(C)c1ccc(C(F)(F)F)nc1.CC(C)c1ccc(Cl)cc1.CC(C)c1ccc(F)cc1.CC(C)c1ccccc1.Cc1ccc(C(C)C)cc1.Cc1ncc(C(C)C)cn1. The van der Waals surface area contributed by atoms with Crippen LogP contribution in [0.25, 0.3) is 0 Å². The molecule has 0 radical (unpaired) electrons. The highest BCUT2D eigenvalue weighted by Gasteiger charge is 2.32. The summed E-state index contributed by atoms with van der Waals surface area (Å²) in [6.45, 7) is 29.4. The summed E-state index contributed by atoms with van der Waals surface area (Å²) in [5.41, 5.74) is 7.87. The predicted molar refractivity (Wildman–Crippen MR) is 256 cm³/mol. The second kappa shape index (κ2) is 28.7. The number of aryl methyl sites for hydroxylation is 2. The van der Waals surface area contributed by atoms with Crippen LogP contribution in [0.5, 0.6) is 0 Å². The van der Waals surface area contributed by atoms with E-state index in [4.69, 9.17) is 11.6 Å². The predicted octanol–water partition coefficient (Wildman–Crippen LogP) is 17.5. The van der Waals surface area contributed by atoms with Crippen molar-refractivity contribution < 1.29 is 17.6 Å². The monoisotopic (exact) mass is 872 g/mol. The molecule has 0 N–H and O–H groups in total. The number of hydrogen-bond acceptors (Lipinski definition) is 3. The third-order valence-electron chi connectivity index (χ3n) is 9.49. The summed E-state index contributed by atoms with van der Waals surface area (Å²) in [6, 6.07) is 36.3. The molecule has 3 nitrogen and oxygen atoms in total. The number of rotatable bonds is 6. The molecular formula is C54H70ClF4N3. The molecule has 0 bridgehead atoms. The molecule has 0 saturated carbocycles. The first-order valence-corrected chi connectivity index (χ1v) is 21.8. The van der Waals surface area contributed by atoms with Crippen molar-refractivity contribution in [2.24, 2.45) is 0 Å². The third-order valence-corrected chi connectivity index (χ3v) is 9.75. The first-order valence-electron chi connectivity index (χ1n) is 21.5. The van der Waals surface area contributed by atoms with Crippen LogP contribution in [0.1, 0.15) is 169 Å². The maximum Gasteiger partial charge on any atom is 0.433 e. The summed E-state index contributed by atoms with van der Waals surface area (Å²) >= 11 is 5.72. The molecule has 0 atom stereocenters. The summed E-state index contributed by atoms with van der Waals surface area (Å²) < 4.78 is 48.5. The number of halogens is 5. The Morgan fingerprint density at radius 2 is 0.742 bits per heavy atom. The van der Waals surface area contributed by atoms with Gasteiger partial charge in [-0.3, -0.25) is 4.98 Å². The maximum absolute atomic E-state index is 12.4. The standard InChI is InChI=1S/C10H14.C9H11Cl.C9H10F3N.C9H11F.C9H12.C8H12N2/c1-8(2)10-6-4-9(3)5-7-10;1-7(2)8-3-5-9(10)6-4-8;1-6(2)7-3-4-8(13-5-7)9(10,11)12;1-7(2)8-3-5-9(10)6-4-8;1-8(2)9-6-4-3-5-7-9;1-6(2)8-4-9-7(3)10-5-8/h4-8H,1-3H3;3-7H,1-2H3;3-6H,1-2H3;3-7H,1-2H3;3-8H,1-2H3;4-6H,1-3H3. The van der Waals surface area contributed by atoms with Gasteiger partial charge in [0.05, 0.1) is 0 Å². The van der Waals surface area contributed by atoms with E-state index in [2.05, 4.69) is 152 Å². The van der Waals surface area contributed by atoms with Crippen LogP contribution in [0.2, 0.25) is 5.02 Å². The van der Waals surface area contributed by atoms with Crippen LogP contribution in [0.15, 0.2) is 134 Å². The smallest absolute Gasteiger partial charge is 0.251 e. The average Bonchev–Trinajstić information content (AvgIpc) is 3.23. The molecule has 0 fully saturated rings. The van der Waals surface area contributed by atoms with Crippen LogP contribution in [0, 0.1) is 19.7 Å². The van der Waals surface area contributed by atoms with Crippen LogP contribution in [0.3, 0.4) is 0 Å². The van der Waals surface area contributed by atoms with Crippen LogP contribution >= 0.6 is 11.6 Å². The fourth-order valence-corrected chi connectivity index (χ4v) is 5.23. The van der Waals surface area contributed by atoms with Gasteiger partial charge in [0, 0.05) is 23.6 Å². The van der Waals surface area contributed by atoms with E-state index in [-0.39, 0.29) is 11.7 Å². The van der Waals surface area contributed by atoms with Crippen molar-refractivity contribution in [3.8, 4) is 0 Å². The minimum atomic E-state index is -4.34. The van der Waals surface area contributed by atoms with Gasteiger partial charge in [0.2, 0.25) is 0 Å². The molecule has 0 aliphatic heterocycles. The Kier molecular flexibility index (Phi) is 25.5. The number of alkyl halides is 3. The number of hydrogen-bond donors (Lipinski definition) is 0. The molecule has 2 heterocycles. The lowest BCUT2D eigenvalue weighted by atomic mass is 10.0. The maximum atomic E-state index is 12.4. The zero-order valence-electron chi connectivity index (χ0n) is 39.4. The van der Waals surface area contributed by atoms with E-state index in [1.165, 1.54) is 57.8 Å². The average molecular weight is 873 g/mol. The van der Waals surface area contributed by atoms with Gasteiger partial charge in [-0.1, -0.05) is 185 Å². The molecule has 6 aromatic rings. The van der Waals surface area contributed by atoms with Crippen LogP contribution in [-0.4, -0.2) is 15.0 Å². The Bertz CT molecular complexity index is 1830. The fraction of sp³-hybridized carbons (Fsp3) is 0.389. The summed E-state index contributed by atoms with van der Waals surface area (Å²) in [4.78, 5) is 11.5. The molecular weight excluding hydrogens is 802 g/mol. The van der Waals surface area contributed by atoms with Crippen molar-refractivity contribution in [2.45, 2.75) is 139 Å². The lowest BCUT2D eigenvalue weighted by Gasteiger charge is -2.07. The Labute approximate surface area is 376 Å². The molecule has 62 heavy (non-hydrogen) atoms. The molecule has 2 aromatic heterocycles. The van der Waals surface area contributed by atoms with Crippen molar-refractivity contribution in [3.05, 3.63) is 195 Å². The lowest BCUT2D eigenvalue weighted by molar-refractivity contribution is -0.141. The normalized spacial score (nSPS) is 10.7. The van der Waals surface area contributed by atoms with Crippen LogP contribution in [-0.2, 0) is 6.18 Å². The van der Waals surface area contributed by atoms with Gasteiger partial charge in [0.15, 0.2) is 0 Å². The van der Waals surface area contributed by atoms with Crippen LogP contribution in [0.4, 0.5) is 17.6 Å². The van der Waals surface area contributed by atoms with E-state index in [0.717, 1.165) is 22.5 Å². The van der Waals surface area contributed by atoms with Crippen molar-refractivity contribution in [3.63, 3.8) is 0 Å². The molecule has 6 rings (SSSR count). The van der Waals surface area contributed by atoms with E-state index in [0.29, 0.717) is 29.6 Å². The van der Waals surface area contributed by atoms with E-state index in [9.17, 15) is 17.6 Å². The summed E-state index contributed by atoms with van der Waals surface area (Å²) in [6.07, 6.45) is 0.697. The summed E-state index contributed by atoms with van der Waals surface area (Å²) in [5.74, 6) is 3.80. The van der Waals surface area contributed by atoms with E-state index in [1.807, 2.05) is 63.5 Å². The molecule has 336 valence electrons. The van der Waals surface area contributed by atoms with Gasteiger partial charge in [0.25, 0.3) is 0 Å². The van der Waals surface area contributed by atoms with E-state index in [1.54, 1.807) is 0 Å². The van der Waals surface area contributed by atoms with Gasteiger partial charge in [-0.15, -0.1) is 0 Å². The second-order valence-electron chi connectivity index (χ2n) is 16.9. The Morgan fingerprint density at radius 3 is 1.08 bits per heavy atom. The number of nitrogens with zero attached hydrogens (tertiary/aromatic N) is 3. The zero-order chi connectivity index (χ0) is 47.0. The topological polar surface area (TPSA) is 38.7 Å². The largest absolute Gasteiger partial charge is 0.433 e. The molecule has 0 spiro atoms. The Hall–Kier alpha value is -4.88. The second-order valence-corrected chi connectivity index (χ2v) is 17.3. The van der Waals surface area contributed by atoms with Gasteiger partial charge >= 0.3 is 6.18 Å². The number of benzene rings is 4. The molecule has 0 saturated heterocycles. The van der Waals surface area contributed by atoms with Crippen LogP contribution < -0.4 is 0 Å². The van der Waals surface area contributed by atoms with Crippen molar-refractivity contribution in [2.75, 3.05) is 0 Å². The molecule has 0 aliphatic carbocycles. The Balaban J connectivity index is 0.000000373. The minimum Gasteiger partial charge on any atom is -0.251 e. The van der Waals surface area contributed by atoms with Crippen molar-refractivity contribution in [1.82, 2.24) is 15.0 Å². The Morgan fingerprint density at radius 1 is 0.403 bits per heavy atom.